The molecular formula is C21H25NO3. The Kier molecular flexibility index (Phi) is 6.07. The fraction of sp³-hybridized carbons (Fsp3) is 0.381. The van der Waals surface area contributed by atoms with Crippen LogP contribution in [0.1, 0.15) is 24.0 Å². The number of amides is 1. The standard InChI is InChI=1S/C21H25NO3/c1-24-20-12-6-5-10-18(20)14-21(23)22(16-19-11-7-13-25-19)15-17-8-3-2-4-9-17/h2-6,8-10,12,19H,7,11,13-16H2,1H3. The molecule has 0 aromatic heterocycles. The van der Waals surface area contributed by atoms with Crippen molar-refractivity contribution in [1.82, 2.24) is 4.90 Å². The first kappa shape index (κ1) is 17.5. The lowest BCUT2D eigenvalue weighted by Crippen LogP contribution is -2.37. The summed E-state index contributed by atoms with van der Waals surface area (Å²) in [6.07, 6.45) is 2.58. The third-order valence-electron chi connectivity index (χ3n) is 4.55. The van der Waals surface area contributed by atoms with Gasteiger partial charge in [-0.2, -0.15) is 0 Å². The molecule has 0 aliphatic carbocycles. The maximum Gasteiger partial charge on any atom is 0.227 e. The summed E-state index contributed by atoms with van der Waals surface area (Å²) in [5.74, 6) is 0.858. The third-order valence-corrected chi connectivity index (χ3v) is 4.55. The normalized spacial score (nSPS) is 16.6. The number of rotatable bonds is 7. The molecule has 0 N–H and O–H groups in total. The van der Waals surface area contributed by atoms with Gasteiger partial charge in [-0.3, -0.25) is 4.79 Å². The predicted octanol–water partition coefficient (Wildman–Crippen LogP) is 3.45. The van der Waals surface area contributed by atoms with Crippen molar-refractivity contribution in [2.75, 3.05) is 20.3 Å². The minimum absolute atomic E-state index is 0.101. The number of hydrogen-bond donors (Lipinski definition) is 0. The summed E-state index contributed by atoms with van der Waals surface area (Å²) < 4.78 is 11.1. The van der Waals surface area contributed by atoms with Crippen LogP contribution in [-0.2, 0) is 22.5 Å². The van der Waals surface area contributed by atoms with Gasteiger partial charge in [0.1, 0.15) is 5.75 Å². The lowest BCUT2D eigenvalue weighted by atomic mass is 10.1. The molecule has 132 valence electrons. The van der Waals surface area contributed by atoms with Gasteiger partial charge in [0.25, 0.3) is 0 Å². The highest BCUT2D eigenvalue weighted by molar-refractivity contribution is 5.79. The molecule has 1 heterocycles. The first-order chi connectivity index (χ1) is 12.3. The molecule has 1 unspecified atom stereocenters. The predicted molar refractivity (Wildman–Crippen MR) is 97.5 cm³/mol. The molecule has 0 bridgehead atoms. The van der Waals surface area contributed by atoms with Crippen LogP contribution in [0.5, 0.6) is 5.75 Å². The molecule has 2 aromatic carbocycles. The molecule has 3 rings (SSSR count). The molecule has 2 aromatic rings. The number of carbonyl (C=O) groups is 1. The average Bonchev–Trinajstić information content (AvgIpc) is 3.15. The van der Waals surface area contributed by atoms with Crippen molar-refractivity contribution < 1.29 is 14.3 Å². The summed E-state index contributed by atoms with van der Waals surface area (Å²) in [7, 11) is 1.64. The van der Waals surface area contributed by atoms with E-state index in [-0.39, 0.29) is 12.0 Å². The van der Waals surface area contributed by atoms with Crippen LogP contribution in [0.4, 0.5) is 0 Å². The zero-order chi connectivity index (χ0) is 17.5. The largest absolute Gasteiger partial charge is 0.496 e. The molecule has 1 atom stereocenters. The van der Waals surface area contributed by atoms with Crippen LogP contribution in [-0.4, -0.2) is 37.2 Å². The number of methoxy groups -OCH3 is 1. The summed E-state index contributed by atoms with van der Waals surface area (Å²) in [5, 5.41) is 0. The lowest BCUT2D eigenvalue weighted by Gasteiger charge is -2.26. The Morgan fingerprint density at radius 3 is 2.64 bits per heavy atom. The minimum Gasteiger partial charge on any atom is -0.496 e. The second-order valence-electron chi connectivity index (χ2n) is 6.38. The molecule has 1 aliphatic heterocycles. The average molecular weight is 339 g/mol. The number of benzene rings is 2. The smallest absolute Gasteiger partial charge is 0.227 e. The fourth-order valence-electron chi connectivity index (χ4n) is 3.22. The molecule has 1 fully saturated rings. The Morgan fingerprint density at radius 1 is 1.16 bits per heavy atom. The first-order valence-corrected chi connectivity index (χ1v) is 8.81. The van der Waals surface area contributed by atoms with Crippen LogP contribution in [0.3, 0.4) is 0 Å². The number of ether oxygens (including phenoxy) is 2. The van der Waals surface area contributed by atoms with Crippen LogP contribution in [0.2, 0.25) is 0 Å². The summed E-state index contributed by atoms with van der Waals surface area (Å²) in [6, 6.07) is 17.8. The molecule has 4 heteroatoms. The minimum atomic E-state index is 0.101. The Balaban J connectivity index is 1.73. The molecule has 0 saturated carbocycles. The lowest BCUT2D eigenvalue weighted by molar-refractivity contribution is -0.132. The number of hydrogen-bond acceptors (Lipinski definition) is 3. The van der Waals surface area contributed by atoms with Crippen molar-refractivity contribution in [3.05, 3.63) is 65.7 Å². The SMILES string of the molecule is COc1ccccc1CC(=O)N(Cc1ccccc1)CC1CCCO1. The van der Waals surface area contributed by atoms with Crippen LogP contribution in [0.15, 0.2) is 54.6 Å². The van der Waals surface area contributed by atoms with Crippen LogP contribution in [0, 0.1) is 0 Å². The van der Waals surface area contributed by atoms with E-state index in [1.807, 2.05) is 47.4 Å². The van der Waals surface area contributed by atoms with Crippen molar-refractivity contribution in [3.63, 3.8) is 0 Å². The maximum absolute atomic E-state index is 13.0. The molecular weight excluding hydrogens is 314 g/mol. The molecule has 25 heavy (non-hydrogen) atoms. The van der Waals surface area contributed by atoms with E-state index in [1.165, 1.54) is 0 Å². The van der Waals surface area contributed by atoms with Gasteiger partial charge in [-0.05, 0) is 24.5 Å². The Morgan fingerprint density at radius 2 is 1.92 bits per heavy atom. The van der Waals surface area contributed by atoms with Crippen molar-refractivity contribution in [1.29, 1.82) is 0 Å². The van der Waals surface area contributed by atoms with E-state index in [9.17, 15) is 4.79 Å². The Labute approximate surface area is 149 Å². The molecule has 4 nitrogen and oxygen atoms in total. The van der Waals surface area contributed by atoms with Gasteiger partial charge in [-0.25, -0.2) is 0 Å². The van der Waals surface area contributed by atoms with Crippen molar-refractivity contribution >= 4 is 5.91 Å². The summed E-state index contributed by atoms with van der Waals surface area (Å²) >= 11 is 0. The monoisotopic (exact) mass is 339 g/mol. The number of para-hydroxylation sites is 1. The van der Waals surface area contributed by atoms with Gasteiger partial charge in [0, 0.05) is 25.3 Å². The van der Waals surface area contributed by atoms with Gasteiger partial charge < -0.3 is 14.4 Å². The van der Waals surface area contributed by atoms with Crippen molar-refractivity contribution in [2.45, 2.75) is 31.9 Å². The third kappa shape index (κ3) is 4.83. The van der Waals surface area contributed by atoms with Gasteiger partial charge in [0.05, 0.1) is 19.6 Å². The van der Waals surface area contributed by atoms with E-state index >= 15 is 0 Å². The van der Waals surface area contributed by atoms with Gasteiger partial charge >= 0.3 is 0 Å². The van der Waals surface area contributed by atoms with Crippen molar-refractivity contribution in [2.24, 2.45) is 0 Å². The molecule has 1 amide bonds. The van der Waals surface area contributed by atoms with Crippen molar-refractivity contribution in [3.8, 4) is 5.75 Å². The highest BCUT2D eigenvalue weighted by Crippen LogP contribution is 2.20. The zero-order valence-corrected chi connectivity index (χ0v) is 14.7. The fourth-order valence-corrected chi connectivity index (χ4v) is 3.22. The molecule has 1 saturated heterocycles. The zero-order valence-electron chi connectivity index (χ0n) is 14.7. The van der Waals surface area contributed by atoms with Crippen LogP contribution < -0.4 is 4.74 Å². The highest BCUT2D eigenvalue weighted by Gasteiger charge is 2.23. The van der Waals surface area contributed by atoms with Gasteiger partial charge in [0.2, 0.25) is 5.91 Å². The molecule has 0 radical (unpaired) electrons. The second kappa shape index (κ2) is 8.67. The number of nitrogens with zero attached hydrogens (tertiary/aromatic N) is 1. The number of carbonyl (C=O) groups excluding carboxylic acids is 1. The van der Waals surface area contributed by atoms with E-state index in [4.69, 9.17) is 9.47 Å². The quantitative estimate of drug-likeness (QED) is 0.775. The summed E-state index contributed by atoms with van der Waals surface area (Å²) in [5.41, 5.74) is 2.05. The first-order valence-electron chi connectivity index (χ1n) is 8.81. The van der Waals surface area contributed by atoms with E-state index in [2.05, 4.69) is 12.1 Å². The van der Waals surface area contributed by atoms with Gasteiger partial charge in [-0.15, -0.1) is 0 Å². The molecule has 1 aliphatic rings. The van der Waals surface area contributed by atoms with E-state index in [0.717, 1.165) is 36.3 Å². The van der Waals surface area contributed by atoms with E-state index < -0.39 is 0 Å². The van der Waals surface area contributed by atoms with E-state index in [0.29, 0.717) is 19.5 Å². The Hall–Kier alpha value is -2.33. The topological polar surface area (TPSA) is 38.8 Å². The van der Waals surface area contributed by atoms with Gasteiger partial charge in [-0.1, -0.05) is 48.5 Å². The van der Waals surface area contributed by atoms with Crippen LogP contribution >= 0.6 is 0 Å². The summed E-state index contributed by atoms with van der Waals surface area (Å²) in [6.45, 7) is 2.04. The van der Waals surface area contributed by atoms with E-state index in [1.54, 1.807) is 7.11 Å². The van der Waals surface area contributed by atoms with Crippen LogP contribution in [0.25, 0.3) is 0 Å². The second-order valence-corrected chi connectivity index (χ2v) is 6.38. The van der Waals surface area contributed by atoms with Gasteiger partial charge in [0.15, 0.2) is 0 Å². The summed E-state index contributed by atoms with van der Waals surface area (Å²) in [4.78, 5) is 14.9. The Bertz CT molecular complexity index is 681. The maximum atomic E-state index is 13.0. The molecule has 0 spiro atoms. The highest BCUT2D eigenvalue weighted by atomic mass is 16.5.